The van der Waals surface area contributed by atoms with Gasteiger partial charge in [0, 0.05) is 29.5 Å². The maximum atomic E-state index is 13.2. The number of thiophene rings is 1. The van der Waals surface area contributed by atoms with Gasteiger partial charge in [-0.2, -0.15) is 0 Å². The predicted molar refractivity (Wildman–Crippen MR) is 109 cm³/mol. The lowest BCUT2D eigenvalue weighted by Crippen LogP contribution is -2.52. The number of hydrogen-bond acceptors (Lipinski definition) is 3. The van der Waals surface area contributed by atoms with Gasteiger partial charge >= 0.3 is 0 Å². The zero-order chi connectivity index (χ0) is 18.8. The van der Waals surface area contributed by atoms with Gasteiger partial charge in [-0.25, -0.2) is 0 Å². The fourth-order valence-corrected chi connectivity index (χ4v) is 5.04. The summed E-state index contributed by atoms with van der Waals surface area (Å²) in [5.41, 5.74) is 1.05. The number of amides is 2. The largest absolute Gasteiger partial charge is 0.341 e. The summed E-state index contributed by atoms with van der Waals surface area (Å²) < 4.78 is 0. The number of nitrogens with zero attached hydrogens (tertiary/aromatic N) is 2. The quantitative estimate of drug-likeness (QED) is 0.747. The molecule has 1 aromatic heterocycles. The molecule has 0 aliphatic carbocycles. The molecular formula is C21H23ClN2O2S. The highest BCUT2D eigenvalue weighted by atomic mass is 35.5. The molecule has 4 rings (SSSR count). The Bertz CT molecular complexity index is 827. The summed E-state index contributed by atoms with van der Waals surface area (Å²) in [5, 5.41) is 0.697. The van der Waals surface area contributed by atoms with Gasteiger partial charge in [0.2, 0.25) is 5.91 Å². The van der Waals surface area contributed by atoms with Gasteiger partial charge in [-0.3, -0.25) is 9.59 Å². The summed E-state index contributed by atoms with van der Waals surface area (Å²) in [4.78, 5) is 31.6. The molecule has 3 heterocycles. The molecule has 2 fully saturated rings. The van der Waals surface area contributed by atoms with Crippen LogP contribution in [-0.2, 0) is 4.79 Å². The van der Waals surface area contributed by atoms with Gasteiger partial charge in [0.15, 0.2) is 0 Å². The standard InChI is InChI=1S/C21H23ClN2O2S/c22-16-8-6-15(7-9-16)18-10-11-19(27-18)21(26)24-14-2-1-5-17(24)20(25)23-12-3-4-13-23/h6-11,17H,1-5,12-14H2. The molecule has 0 bridgehead atoms. The molecule has 142 valence electrons. The lowest BCUT2D eigenvalue weighted by atomic mass is 10.0. The van der Waals surface area contributed by atoms with Crippen LogP contribution in [0.25, 0.3) is 10.4 Å². The maximum Gasteiger partial charge on any atom is 0.264 e. The second-order valence-corrected chi connectivity index (χ2v) is 8.73. The fourth-order valence-electron chi connectivity index (χ4n) is 3.94. The van der Waals surface area contributed by atoms with Crippen LogP contribution in [0.15, 0.2) is 36.4 Å². The van der Waals surface area contributed by atoms with E-state index in [1.54, 1.807) is 0 Å². The minimum absolute atomic E-state index is 0.0162. The molecular weight excluding hydrogens is 380 g/mol. The van der Waals surface area contributed by atoms with E-state index in [9.17, 15) is 9.59 Å². The van der Waals surface area contributed by atoms with E-state index in [1.807, 2.05) is 46.2 Å². The van der Waals surface area contributed by atoms with Crippen LogP contribution in [0.2, 0.25) is 5.02 Å². The number of carbonyl (C=O) groups is 2. The summed E-state index contributed by atoms with van der Waals surface area (Å²) >= 11 is 7.44. The molecule has 1 unspecified atom stereocenters. The highest BCUT2D eigenvalue weighted by Crippen LogP contribution is 2.31. The first-order chi connectivity index (χ1) is 13.1. The number of carbonyl (C=O) groups excluding carboxylic acids is 2. The van der Waals surface area contributed by atoms with Gasteiger partial charge in [0.05, 0.1) is 4.88 Å². The summed E-state index contributed by atoms with van der Waals surface area (Å²) in [6.45, 7) is 2.32. The topological polar surface area (TPSA) is 40.6 Å². The van der Waals surface area contributed by atoms with Crippen LogP contribution in [0, 0.1) is 0 Å². The molecule has 2 saturated heterocycles. The van der Waals surface area contributed by atoms with Crippen molar-refractivity contribution in [1.29, 1.82) is 0 Å². The van der Waals surface area contributed by atoms with Crippen LogP contribution in [0.3, 0.4) is 0 Å². The first-order valence-electron chi connectivity index (χ1n) is 9.59. The molecule has 0 spiro atoms. The lowest BCUT2D eigenvalue weighted by molar-refractivity contribution is -0.136. The Hall–Kier alpha value is -1.85. The minimum atomic E-state index is -0.301. The number of hydrogen-bond donors (Lipinski definition) is 0. The normalized spacial score (nSPS) is 20.1. The van der Waals surface area contributed by atoms with Gasteiger partial charge in [-0.05, 0) is 61.9 Å². The minimum Gasteiger partial charge on any atom is -0.341 e. The molecule has 1 atom stereocenters. The van der Waals surface area contributed by atoms with E-state index in [4.69, 9.17) is 11.6 Å². The van der Waals surface area contributed by atoms with E-state index in [2.05, 4.69) is 0 Å². The van der Waals surface area contributed by atoms with E-state index in [0.29, 0.717) is 16.4 Å². The van der Waals surface area contributed by atoms with Crippen molar-refractivity contribution in [2.24, 2.45) is 0 Å². The first-order valence-corrected chi connectivity index (χ1v) is 10.8. The van der Waals surface area contributed by atoms with Crippen molar-refractivity contribution in [2.75, 3.05) is 19.6 Å². The molecule has 0 radical (unpaired) electrons. The van der Waals surface area contributed by atoms with E-state index in [1.165, 1.54) is 11.3 Å². The zero-order valence-electron chi connectivity index (χ0n) is 15.2. The number of benzene rings is 1. The van der Waals surface area contributed by atoms with Crippen LogP contribution in [-0.4, -0.2) is 47.3 Å². The number of rotatable bonds is 3. The van der Waals surface area contributed by atoms with Gasteiger partial charge in [0.1, 0.15) is 6.04 Å². The molecule has 0 saturated carbocycles. The molecule has 6 heteroatoms. The summed E-state index contributed by atoms with van der Waals surface area (Å²) in [7, 11) is 0. The average molecular weight is 403 g/mol. The molecule has 2 aliphatic heterocycles. The second kappa shape index (κ2) is 8.03. The Labute approximate surface area is 168 Å². The van der Waals surface area contributed by atoms with Gasteiger partial charge in [-0.1, -0.05) is 23.7 Å². The third kappa shape index (κ3) is 3.90. The Morgan fingerprint density at radius 2 is 1.63 bits per heavy atom. The van der Waals surface area contributed by atoms with Crippen molar-refractivity contribution in [3.63, 3.8) is 0 Å². The van der Waals surface area contributed by atoms with Gasteiger partial charge in [0.25, 0.3) is 5.91 Å². The van der Waals surface area contributed by atoms with Crippen molar-refractivity contribution in [3.05, 3.63) is 46.3 Å². The first kappa shape index (κ1) is 18.5. The Morgan fingerprint density at radius 1 is 0.926 bits per heavy atom. The molecule has 2 aliphatic rings. The summed E-state index contributed by atoms with van der Waals surface area (Å²) in [5.74, 6) is 0.118. The lowest BCUT2D eigenvalue weighted by Gasteiger charge is -2.36. The van der Waals surface area contributed by atoms with Crippen molar-refractivity contribution in [3.8, 4) is 10.4 Å². The summed E-state index contributed by atoms with van der Waals surface area (Å²) in [6.07, 6.45) is 4.89. The predicted octanol–water partition coefficient (Wildman–Crippen LogP) is 4.69. The highest BCUT2D eigenvalue weighted by Gasteiger charge is 2.36. The van der Waals surface area contributed by atoms with Gasteiger partial charge < -0.3 is 9.80 Å². The van der Waals surface area contributed by atoms with Crippen LogP contribution in [0.5, 0.6) is 0 Å². The van der Waals surface area contributed by atoms with Crippen LogP contribution < -0.4 is 0 Å². The number of likely N-dealkylation sites (tertiary alicyclic amines) is 2. The highest BCUT2D eigenvalue weighted by molar-refractivity contribution is 7.17. The van der Waals surface area contributed by atoms with E-state index in [0.717, 1.165) is 55.6 Å². The van der Waals surface area contributed by atoms with Crippen LogP contribution >= 0.6 is 22.9 Å². The smallest absolute Gasteiger partial charge is 0.264 e. The molecule has 4 nitrogen and oxygen atoms in total. The monoisotopic (exact) mass is 402 g/mol. The summed E-state index contributed by atoms with van der Waals surface area (Å²) in [6, 6.07) is 11.2. The Morgan fingerprint density at radius 3 is 2.37 bits per heavy atom. The second-order valence-electron chi connectivity index (χ2n) is 7.21. The Balaban J connectivity index is 1.53. The van der Waals surface area contributed by atoms with Gasteiger partial charge in [-0.15, -0.1) is 11.3 Å². The maximum absolute atomic E-state index is 13.2. The molecule has 27 heavy (non-hydrogen) atoms. The zero-order valence-corrected chi connectivity index (χ0v) is 16.8. The van der Waals surface area contributed by atoms with Crippen molar-refractivity contribution in [2.45, 2.75) is 38.1 Å². The fraction of sp³-hybridized carbons (Fsp3) is 0.429. The van der Waals surface area contributed by atoms with E-state index in [-0.39, 0.29) is 17.9 Å². The van der Waals surface area contributed by atoms with Crippen molar-refractivity contribution in [1.82, 2.24) is 9.80 Å². The SMILES string of the molecule is O=C(C1CCCCN1C(=O)c1ccc(-c2ccc(Cl)cc2)s1)N1CCCC1. The molecule has 2 aromatic rings. The van der Waals surface area contributed by atoms with Crippen LogP contribution in [0.4, 0.5) is 0 Å². The Kier molecular flexibility index (Phi) is 5.50. The number of halogens is 1. The number of piperidine rings is 1. The van der Waals surface area contributed by atoms with Crippen molar-refractivity contribution < 1.29 is 9.59 Å². The van der Waals surface area contributed by atoms with Crippen LogP contribution in [0.1, 0.15) is 41.8 Å². The molecule has 1 aromatic carbocycles. The van der Waals surface area contributed by atoms with Crippen molar-refractivity contribution >= 4 is 34.8 Å². The third-order valence-corrected chi connectivity index (χ3v) is 6.79. The van der Waals surface area contributed by atoms with E-state index >= 15 is 0 Å². The molecule has 2 amide bonds. The average Bonchev–Trinajstić information content (AvgIpc) is 3.40. The molecule has 0 N–H and O–H groups in total. The third-order valence-electron chi connectivity index (χ3n) is 5.41. The van der Waals surface area contributed by atoms with E-state index < -0.39 is 0 Å².